The number of hydrogen-bond donors (Lipinski definition) is 0. The van der Waals surface area contributed by atoms with Gasteiger partial charge in [0.05, 0.1) is 30.7 Å². The summed E-state index contributed by atoms with van der Waals surface area (Å²) in [5.41, 5.74) is 0.186. The lowest BCUT2D eigenvalue weighted by molar-refractivity contribution is -0.386. The van der Waals surface area contributed by atoms with Gasteiger partial charge < -0.3 is 23.5 Å². The number of methoxy groups -OCH3 is 2. The number of nitro groups is 1. The third-order valence-corrected chi connectivity index (χ3v) is 6.50. The van der Waals surface area contributed by atoms with Crippen LogP contribution in [0.25, 0.3) is 10.9 Å². The SMILES string of the molecule is COc1cc2nccc(Oc3ccc([S+]([O-])CCOc4ccc(F)cc4[N+](=O)[O-])cc3)c2cc1OC. The molecule has 0 aliphatic carbocycles. The van der Waals surface area contributed by atoms with Crippen molar-refractivity contribution in [3.8, 4) is 28.7 Å². The topological polar surface area (TPSA) is 116 Å². The van der Waals surface area contributed by atoms with Crippen molar-refractivity contribution in [3.05, 3.63) is 82.8 Å². The molecule has 9 nitrogen and oxygen atoms in total. The van der Waals surface area contributed by atoms with Crippen LogP contribution in [0.5, 0.6) is 28.7 Å². The second kappa shape index (κ2) is 11.1. The highest BCUT2D eigenvalue weighted by Gasteiger charge is 2.18. The summed E-state index contributed by atoms with van der Waals surface area (Å²) in [5, 5.41) is 11.8. The van der Waals surface area contributed by atoms with E-state index < -0.39 is 27.6 Å². The van der Waals surface area contributed by atoms with Crippen molar-refractivity contribution in [2.24, 2.45) is 0 Å². The molecule has 0 radical (unpaired) electrons. The highest BCUT2D eigenvalue weighted by molar-refractivity contribution is 7.91. The smallest absolute Gasteiger partial charge is 0.313 e. The Labute approximate surface area is 208 Å². The first-order valence-corrected chi connectivity index (χ1v) is 11.9. The van der Waals surface area contributed by atoms with Crippen LogP contribution in [0.15, 0.2) is 71.8 Å². The maximum absolute atomic E-state index is 13.3. The van der Waals surface area contributed by atoms with Crippen LogP contribution in [0.4, 0.5) is 10.1 Å². The van der Waals surface area contributed by atoms with Crippen LogP contribution in [0.2, 0.25) is 0 Å². The van der Waals surface area contributed by atoms with Crippen LogP contribution in [0.3, 0.4) is 0 Å². The van der Waals surface area contributed by atoms with Crippen molar-refractivity contribution in [1.29, 1.82) is 0 Å². The maximum atomic E-state index is 13.3. The summed E-state index contributed by atoms with van der Waals surface area (Å²) >= 11 is -1.43. The van der Waals surface area contributed by atoms with Gasteiger partial charge in [0.1, 0.15) is 29.7 Å². The number of pyridine rings is 1. The van der Waals surface area contributed by atoms with E-state index in [0.717, 1.165) is 17.5 Å². The van der Waals surface area contributed by atoms with E-state index in [1.165, 1.54) is 6.07 Å². The third kappa shape index (κ3) is 5.58. The largest absolute Gasteiger partial charge is 0.611 e. The van der Waals surface area contributed by atoms with Crippen molar-refractivity contribution in [3.63, 3.8) is 0 Å². The van der Waals surface area contributed by atoms with Gasteiger partial charge in [0.2, 0.25) is 0 Å². The summed E-state index contributed by atoms with van der Waals surface area (Å²) in [4.78, 5) is 15.2. The average molecular weight is 513 g/mol. The summed E-state index contributed by atoms with van der Waals surface area (Å²) < 4.78 is 48.0. The van der Waals surface area contributed by atoms with Crippen LogP contribution in [0, 0.1) is 15.9 Å². The Balaban J connectivity index is 1.42. The number of ether oxygens (including phenoxy) is 4. The standard InChI is InChI=1S/C25H21FN2O7S/c1-32-24-14-19-20(15-25(24)33-2)27-10-9-22(19)35-17-4-6-18(7-5-17)36(31)12-11-34-23-8-3-16(26)13-21(23)28(29)30/h3-10,13-15H,11-12H2,1-2H3. The van der Waals surface area contributed by atoms with E-state index >= 15 is 0 Å². The zero-order valence-corrected chi connectivity index (χ0v) is 20.1. The summed E-state index contributed by atoms with van der Waals surface area (Å²) in [6.07, 6.45) is 1.62. The molecule has 0 saturated carbocycles. The fourth-order valence-electron chi connectivity index (χ4n) is 3.42. The molecule has 0 fully saturated rings. The van der Waals surface area contributed by atoms with Crippen molar-refractivity contribution in [2.75, 3.05) is 26.6 Å². The van der Waals surface area contributed by atoms with Crippen molar-refractivity contribution >= 4 is 27.8 Å². The van der Waals surface area contributed by atoms with Crippen LogP contribution >= 0.6 is 0 Å². The molecule has 0 aliphatic heterocycles. The van der Waals surface area contributed by atoms with E-state index in [-0.39, 0.29) is 18.1 Å². The zero-order valence-electron chi connectivity index (χ0n) is 19.3. The van der Waals surface area contributed by atoms with Crippen molar-refractivity contribution in [1.82, 2.24) is 4.98 Å². The molecule has 0 N–H and O–H groups in total. The van der Waals surface area contributed by atoms with Crippen LogP contribution in [0.1, 0.15) is 0 Å². The van der Waals surface area contributed by atoms with Gasteiger partial charge in [0.15, 0.2) is 22.1 Å². The summed E-state index contributed by atoms with van der Waals surface area (Å²) in [6, 6.07) is 15.0. The zero-order chi connectivity index (χ0) is 25.7. The van der Waals surface area contributed by atoms with Crippen LogP contribution in [-0.4, -0.2) is 41.0 Å². The molecular weight excluding hydrogens is 491 g/mol. The lowest BCUT2D eigenvalue weighted by Crippen LogP contribution is -2.14. The Kier molecular flexibility index (Phi) is 7.71. The highest BCUT2D eigenvalue weighted by atomic mass is 32.2. The molecule has 4 aromatic rings. The quantitative estimate of drug-likeness (QED) is 0.160. The molecular formula is C25H21FN2O7S. The third-order valence-electron chi connectivity index (χ3n) is 5.17. The fraction of sp³-hybridized carbons (Fsp3) is 0.160. The second-order valence-corrected chi connectivity index (χ2v) is 8.94. The highest BCUT2D eigenvalue weighted by Crippen LogP contribution is 2.37. The molecule has 1 atom stereocenters. The average Bonchev–Trinajstić information content (AvgIpc) is 2.89. The van der Waals surface area contributed by atoms with Crippen molar-refractivity contribution in [2.45, 2.75) is 4.90 Å². The Bertz CT molecular complexity index is 1390. The lowest BCUT2D eigenvalue weighted by Gasteiger charge is -2.13. The molecule has 0 bridgehead atoms. The molecule has 0 spiro atoms. The molecule has 0 aliphatic rings. The van der Waals surface area contributed by atoms with E-state index in [0.29, 0.717) is 33.4 Å². The van der Waals surface area contributed by atoms with Gasteiger partial charge in [-0.05, 0) is 59.7 Å². The van der Waals surface area contributed by atoms with Crippen molar-refractivity contribution < 1.29 is 32.8 Å². The predicted octanol–water partition coefficient (Wildman–Crippen LogP) is 5.28. The molecule has 1 unspecified atom stereocenters. The molecule has 186 valence electrons. The Hall–Kier alpha value is -4.09. The molecule has 1 aromatic heterocycles. The number of nitro benzene ring substituents is 1. The molecule has 4 rings (SSSR count). The van der Waals surface area contributed by atoms with E-state index in [1.54, 1.807) is 62.9 Å². The van der Waals surface area contributed by atoms with Gasteiger partial charge in [0.25, 0.3) is 0 Å². The van der Waals surface area contributed by atoms with Crippen LogP contribution < -0.4 is 18.9 Å². The number of fused-ring (bicyclic) bond motifs is 1. The van der Waals surface area contributed by atoms with Gasteiger partial charge in [-0.15, -0.1) is 0 Å². The minimum Gasteiger partial charge on any atom is -0.611 e. The van der Waals surface area contributed by atoms with Gasteiger partial charge in [-0.1, -0.05) is 0 Å². The lowest BCUT2D eigenvalue weighted by atomic mass is 10.2. The first-order chi connectivity index (χ1) is 17.4. The number of hydrogen-bond acceptors (Lipinski definition) is 8. The Morgan fingerprint density at radius 2 is 1.67 bits per heavy atom. The van der Waals surface area contributed by atoms with Gasteiger partial charge in [0, 0.05) is 17.6 Å². The van der Waals surface area contributed by atoms with Gasteiger partial charge in [-0.2, -0.15) is 0 Å². The summed E-state index contributed by atoms with van der Waals surface area (Å²) in [6.45, 7) is -0.0500. The van der Waals surface area contributed by atoms with E-state index in [2.05, 4.69) is 4.98 Å². The summed E-state index contributed by atoms with van der Waals surface area (Å²) in [5.74, 6) is 1.45. The first-order valence-electron chi connectivity index (χ1n) is 10.6. The number of nitrogens with zero attached hydrogens (tertiary/aromatic N) is 2. The first kappa shape index (κ1) is 25.0. The molecule has 11 heteroatoms. The molecule has 36 heavy (non-hydrogen) atoms. The maximum Gasteiger partial charge on any atom is 0.313 e. The Morgan fingerprint density at radius 3 is 2.36 bits per heavy atom. The predicted molar refractivity (Wildman–Crippen MR) is 131 cm³/mol. The molecule has 3 aromatic carbocycles. The normalized spacial score (nSPS) is 11.7. The molecule has 0 amide bonds. The fourth-order valence-corrected chi connectivity index (χ4v) is 4.33. The number of halogens is 1. The number of aromatic nitrogens is 1. The van der Waals surface area contributed by atoms with Gasteiger partial charge in [-0.25, -0.2) is 4.39 Å². The number of benzene rings is 3. The van der Waals surface area contributed by atoms with Gasteiger partial charge >= 0.3 is 5.69 Å². The van der Waals surface area contributed by atoms with E-state index in [9.17, 15) is 19.1 Å². The number of rotatable bonds is 10. The Morgan fingerprint density at radius 1 is 0.944 bits per heavy atom. The van der Waals surface area contributed by atoms with Crippen LogP contribution in [-0.2, 0) is 11.2 Å². The van der Waals surface area contributed by atoms with E-state index in [1.807, 2.05) is 0 Å². The molecule has 1 heterocycles. The van der Waals surface area contributed by atoms with Gasteiger partial charge in [-0.3, -0.25) is 15.1 Å². The van der Waals surface area contributed by atoms with E-state index in [4.69, 9.17) is 18.9 Å². The minimum absolute atomic E-state index is 0.0500. The second-order valence-electron chi connectivity index (χ2n) is 7.37. The summed E-state index contributed by atoms with van der Waals surface area (Å²) in [7, 11) is 3.10. The molecule has 0 saturated heterocycles. The monoisotopic (exact) mass is 512 g/mol. The minimum atomic E-state index is -1.43.